The predicted octanol–water partition coefficient (Wildman–Crippen LogP) is 1.31. The zero-order chi connectivity index (χ0) is 9.99. The molecule has 0 saturated heterocycles. The van der Waals surface area contributed by atoms with Crippen LogP contribution in [0.2, 0.25) is 0 Å². The van der Waals surface area contributed by atoms with Gasteiger partial charge in [0.25, 0.3) is 0 Å². The molecule has 0 saturated carbocycles. The van der Waals surface area contributed by atoms with Crippen LogP contribution in [0.25, 0.3) is 0 Å². The van der Waals surface area contributed by atoms with Gasteiger partial charge in [-0.3, -0.25) is 4.79 Å². The lowest BCUT2D eigenvalue weighted by Crippen LogP contribution is -2.56. The number of ether oxygens (including phenoxy) is 1. The number of hydrogen-bond acceptors (Lipinski definition) is 3. The van der Waals surface area contributed by atoms with E-state index < -0.39 is 5.54 Å². The van der Waals surface area contributed by atoms with Crippen molar-refractivity contribution in [1.29, 1.82) is 0 Å². The standard InChI is InChI=1S/C9H19NO2/c1-6-8(2,3)9(4,10)7(11)12-5/h6,10H2,1-5H3/t9-/m1/s1. The van der Waals surface area contributed by atoms with Crippen LogP contribution >= 0.6 is 0 Å². The van der Waals surface area contributed by atoms with Crippen LogP contribution in [-0.4, -0.2) is 18.6 Å². The highest BCUT2D eigenvalue weighted by Crippen LogP contribution is 2.32. The van der Waals surface area contributed by atoms with E-state index in [1.165, 1.54) is 7.11 Å². The normalized spacial score (nSPS) is 16.8. The Morgan fingerprint density at radius 3 is 2.08 bits per heavy atom. The average molecular weight is 173 g/mol. The van der Waals surface area contributed by atoms with Gasteiger partial charge in [-0.2, -0.15) is 0 Å². The Bertz CT molecular complexity index is 173. The molecular formula is C9H19NO2. The van der Waals surface area contributed by atoms with Gasteiger partial charge < -0.3 is 10.5 Å². The molecule has 0 fully saturated rings. The maximum absolute atomic E-state index is 11.3. The van der Waals surface area contributed by atoms with E-state index in [0.29, 0.717) is 0 Å². The largest absolute Gasteiger partial charge is 0.468 e. The van der Waals surface area contributed by atoms with Crippen molar-refractivity contribution in [2.45, 2.75) is 39.7 Å². The monoisotopic (exact) mass is 173 g/mol. The van der Waals surface area contributed by atoms with Crippen LogP contribution in [-0.2, 0) is 9.53 Å². The van der Waals surface area contributed by atoms with Crippen molar-refractivity contribution in [1.82, 2.24) is 0 Å². The first kappa shape index (κ1) is 11.4. The van der Waals surface area contributed by atoms with Gasteiger partial charge in [-0.25, -0.2) is 0 Å². The fraction of sp³-hybridized carbons (Fsp3) is 0.889. The molecule has 0 radical (unpaired) electrons. The molecule has 3 nitrogen and oxygen atoms in total. The highest BCUT2D eigenvalue weighted by atomic mass is 16.5. The lowest BCUT2D eigenvalue weighted by molar-refractivity contribution is -0.151. The van der Waals surface area contributed by atoms with E-state index in [1.54, 1.807) is 6.92 Å². The third-order valence-electron chi connectivity index (χ3n) is 2.90. The molecule has 0 aliphatic rings. The van der Waals surface area contributed by atoms with E-state index in [4.69, 9.17) is 5.73 Å². The highest BCUT2D eigenvalue weighted by Gasteiger charge is 2.43. The molecule has 0 heterocycles. The zero-order valence-corrected chi connectivity index (χ0v) is 8.60. The van der Waals surface area contributed by atoms with Crippen molar-refractivity contribution in [3.05, 3.63) is 0 Å². The first-order chi connectivity index (χ1) is 5.29. The van der Waals surface area contributed by atoms with Crippen LogP contribution in [0.1, 0.15) is 34.1 Å². The van der Waals surface area contributed by atoms with Crippen molar-refractivity contribution in [2.75, 3.05) is 7.11 Å². The summed E-state index contributed by atoms with van der Waals surface area (Å²) in [6.07, 6.45) is 0.842. The minimum atomic E-state index is -0.906. The number of hydrogen-bond donors (Lipinski definition) is 1. The second kappa shape index (κ2) is 3.44. The Morgan fingerprint density at radius 2 is 1.83 bits per heavy atom. The molecular weight excluding hydrogens is 154 g/mol. The summed E-state index contributed by atoms with van der Waals surface area (Å²) in [5.41, 5.74) is 4.74. The van der Waals surface area contributed by atoms with Crippen molar-refractivity contribution in [3.8, 4) is 0 Å². The molecule has 0 bridgehead atoms. The quantitative estimate of drug-likeness (QED) is 0.655. The van der Waals surface area contributed by atoms with Gasteiger partial charge in [0.2, 0.25) is 0 Å². The average Bonchev–Trinajstić information content (AvgIpc) is 2.02. The number of nitrogens with two attached hydrogens (primary N) is 1. The summed E-state index contributed by atoms with van der Waals surface area (Å²) in [6.45, 7) is 7.64. The van der Waals surface area contributed by atoms with Crippen LogP contribution in [0.3, 0.4) is 0 Å². The summed E-state index contributed by atoms with van der Waals surface area (Å²) in [6, 6.07) is 0. The third kappa shape index (κ3) is 1.78. The Labute approximate surface area is 74.3 Å². The van der Waals surface area contributed by atoms with Gasteiger partial charge in [0.1, 0.15) is 5.54 Å². The third-order valence-corrected chi connectivity index (χ3v) is 2.90. The summed E-state index contributed by atoms with van der Waals surface area (Å²) in [5, 5.41) is 0. The second-order valence-corrected chi connectivity index (χ2v) is 3.93. The molecule has 0 aromatic heterocycles. The fourth-order valence-electron chi connectivity index (χ4n) is 0.856. The summed E-state index contributed by atoms with van der Waals surface area (Å²) in [4.78, 5) is 11.3. The molecule has 12 heavy (non-hydrogen) atoms. The number of esters is 1. The number of carbonyl (C=O) groups is 1. The molecule has 0 aromatic rings. The van der Waals surface area contributed by atoms with Crippen molar-refractivity contribution in [2.24, 2.45) is 11.1 Å². The van der Waals surface area contributed by atoms with Crippen LogP contribution in [0, 0.1) is 5.41 Å². The lowest BCUT2D eigenvalue weighted by Gasteiger charge is -2.37. The zero-order valence-electron chi connectivity index (χ0n) is 8.60. The van der Waals surface area contributed by atoms with Crippen LogP contribution in [0.4, 0.5) is 0 Å². The maximum atomic E-state index is 11.3. The van der Waals surface area contributed by atoms with E-state index in [9.17, 15) is 4.79 Å². The molecule has 2 N–H and O–H groups in total. The Morgan fingerprint density at radius 1 is 1.42 bits per heavy atom. The molecule has 0 rings (SSSR count). The topological polar surface area (TPSA) is 52.3 Å². The molecule has 0 aliphatic carbocycles. The van der Waals surface area contributed by atoms with Gasteiger partial charge in [-0.05, 0) is 18.8 Å². The summed E-state index contributed by atoms with van der Waals surface area (Å²) < 4.78 is 4.64. The van der Waals surface area contributed by atoms with Crippen LogP contribution in [0.5, 0.6) is 0 Å². The number of methoxy groups -OCH3 is 1. The minimum Gasteiger partial charge on any atom is -0.468 e. The number of rotatable bonds is 3. The van der Waals surface area contributed by atoms with Gasteiger partial charge in [0.05, 0.1) is 7.11 Å². The Hall–Kier alpha value is -0.570. The lowest BCUT2D eigenvalue weighted by atomic mass is 9.72. The van der Waals surface area contributed by atoms with E-state index in [1.807, 2.05) is 20.8 Å². The predicted molar refractivity (Wildman–Crippen MR) is 48.7 cm³/mol. The molecule has 0 amide bonds. The van der Waals surface area contributed by atoms with E-state index in [2.05, 4.69) is 4.74 Å². The molecule has 0 spiro atoms. The molecule has 0 unspecified atom stereocenters. The Kier molecular flexibility index (Phi) is 3.27. The van der Waals surface area contributed by atoms with Gasteiger partial charge in [-0.1, -0.05) is 20.8 Å². The summed E-state index contributed by atoms with van der Waals surface area (Å²) in [5.74, 6) is -0.352. The van der Waals surface area contributed by atoms with Gasteiger partial charge in [-0.15, -0.1) is 0 Å². The molecule has 3 heteroatoms. The van der Waals surface area contributed by atoms with E-state index in [-0.39, 0.29) is 11.4 Å². The van der Waals surface area contributed by atoms with Crippen molar-refractivity contribution < 1.29 is 9.53 Å². The molecule has 0 aliphatic heterocycles. The van der Waals surface area contributed by atoms with Gasteiger partial charge >= 0.3 is 5.97 Å². The molecule has 72 valence electrons. The second-order valence-electron chi connectivity index (χ2n) is 3.93. The number of carbonyl (C=O) groups excluding carboxylic acids is 1. The van der Waals surface area contributed by atoms with Gasteiger partial charge in [0, 0.05) is 0 Å². The van der Waals surface area contributed by atoms with Crippen LogP contribution in [0.15, 0.2) is 0 Å². The van der Waals surface area contributed by atoms with Crippen molar-refractivity contribution >= 4 is 5.97 Å². The van der Waals surface area contributed by atoms with Crippen LogP contribution < -0.4 is 5.73 Å². The molecule has 0 aromatic carbocycles. The first-order valence-electron chi connectivity index (χ1n) is 4.17. The first-order valence-corrected chi connectivity index (χ1v) is 4.17. The van der Waals surface area contributed by atoms with Crippen molar-refractivity contribution in [3.63, 3.8) is 0 Å². The SMILES string of the molecule is CCC(C)(C)[C@](C)(N)C(=O)OC. The van der Waals surface area contributed by atoms with E-state index >= 15 is 0 Å². The van der Waals surface area contributed by atoms with E-state index in [0.717, 1.165) is 6.42 Å². The summed E-state index contributed by atoms with van der Waals surface area (Å²) >= 11 is 0. The molecule has 1 atom stereocenters. The highest BCUT2D eigenvalue weighted by molar-refractivity contribution is 5.81. The summed E-state index contributed by atoms with van der Waals surface area (Å²) in [7, 11) is 1.36. The Balaban J connectivity index is 4.71. The smallest absolute Gasteiger partial charge is 0.326 e. The minimum absolute atomic E-state index is 0.236. The fourth-order valence-corrected chi connectivity index (χ4v) is 0.856. The van der Waals surface area contributed by atoms with Gasteiger partial charge in [0.15, 0.2) is 0 Å². The maximum Gasteiger partial charge on any atom is 0.326 e.